The summed E-state index contributed by atoms with van der Waals surface area (Å²) in [6.45, 7) is 2.28. The summed E-state index contributed by atoms with van der Waals surface area (Å²) in [5.41, 5.74) is -0.141. The second kappa shape index (κ2) is 7.90. The van der Waals surface area contributed by atoms with Crippen molar-refractivity contribution in [2.24, 2.45) is 5.41 Å². The Morgan fingerprint density at radius 2 is 2.07 bits per heavy atom. The number of hydrogen-bond acceptors (Lipinski definition) is 7. The minimum atomic E-state index is -0.655. The molecule has 0 saturated carbocycles. The average molecular weight is 401 g/mol. The van der Waals surface area contributed by atoms with Gasteiger partial charge in [-0.05, 0) is 24.7 Å². The summed E-state index contributed by atoms with van der Waals surface area (Å²) in [7, 11) is 1.43. The van der Waals surface area contributed by atoms with E-state index in [1.165, 1.54) is 13.2 Å². The van der Waals surface area contributed by atoms with Crippen LogP contribution in [0.3, 0.4) is 0 Å². The number of amides is 1. The number of piperidine rings is 2. The highest BCUT2D eigenvalue weighted by molar-refractivity contribution is 5.94. The second-order valence-corrected chi connectivity index (χ2v) is 7.80. The molecule has 1 amide bonds. The molecule has 2 fully saturated rings. The third kappa shape index (κ3) is 4.00. The van der Waals surface area contributed by atoms with Crippen molar-refractivity contribution >= 4 is 11.7 Å². The standard InChI is InChI=1S/C20H24FN5O3/c1-29-18-8-15(16(21)10-24-18)19(28)25-6-2-20(3-7-25)9-14(27)12-26(13-20)17-11-22-4-5-23-17/h4-5,8,10-11,14,27H,2-3,6-7,9,12-13H2,1H3. The van der Waals surface area contributed by atoms with Gasteiger partial charge in [0.05, 0.1) is 31.2 Å². The van der Waals surface area contributed by atoms with Gasteiger partial charge < -0.3 is 19.6 Å². The van der Waals surface area contributed by atoms with Crippen LogP contribution in [0.2, 0.25) is 0 Å². The van der Waals surface area contributed by atoms with E-state index in [-0.39, 0.29) is 22.8 Å². The van der Waals surface area contributed by atoms with E-state index in [2.05, 4.69) is 19.9 Å². The number of nitrogens with zero attached hydrogens (tertiary/aromatic N) is 5. The Labute approximate surface area is 168 Å². The molecule has 0 bridgehead atoms. The first-order valence-corrected chi connectivity index (χ1v) is 9.67. The van der Waals surface area contributed by atoms with Crippen molar-refractivity contribution in [3.63, 3.8) is 0 Å². The molecule has 4 rings (SSSR count). The second-order valence-electron chi connectivity index (χ2n) is 7.80. The lowest BCUT2D eigenvalue weighted by Gasteiger charge is -2.49. The van der Waals surface area contributed by atoms with E-state index in [9.17, 15) is 14.3 Å². The maximum atomic E-state index is 14.1. The minimum absolute atomic E-state index is 0.0299. The lowest BCUT2D eigenvalue weighted by molar-refractivity contribution is 0.0244. The van der Waals surface area contributed by atoms with Crippen molar-refractivity contribution in [3.8, 4) is 5.88 Å². The Hall–Kier alpha value is -2.81. The number of likely N-dealkylation sites (tertiary alicyclic amines) is 1. The largest absolute Gasteiger partial charge is 0.481 e. The smallest absolute Gasteiger partial charge is 0.257 e. The Morgan fingerprint density at radius 1 is 1.28 bits per heavy atom. The molecule has 8 nitrogen and oxygen atoms in total. The summed E-state index contributed by atoms with van der Waals surface area (Å²) in [6.07, 6.45) is 7.65. The van der Waals surface area contributed by atoms with E-state index < -0.39 is 11.9 Å². The molecule has 2 aliphatic heterocycles. The number of hydrogen-bond donors (Lipinski definition) is 1. The van der Waals surface area contributed by atoms with Gasteiger partial charge >= 0.3 is 0 Å². The summed E-state index contributed by atoms with van der Waals surface area (Å²) in [4.78, 5) is 28.8. The molecule has 29 heavy (non-hydrogen) atoms. The van der Waals surface area contributed by atoms with Crippen molar-refractivity contribution < 1.29 is 19.0 Å². The predicted molar refractivity (Wildman–Crippen MR) is 103 cm³/mol. The number of anilines is 1. The number of pyridine rings is 1. The Bertz CT molecular complexity index is 874. The van der Waals surface area contributed by atoms with Crippen LogP contribution in [-0.4, -0.2) is 70.3 Å². The van der Waals surface area contributed by atoms with Gasteiger partial charge in [-0.2, -0.15) is 0 Å². The van der Waals surface area contributed by atoms with Crippen molar-refractivity contribution in [2.75, 3.05) is 38.2 Å². The number of methoxy groups -OCH3 is 1. The van der Waals surface area contributed by atoms with Crippen LogP contribution in [0, 0.1) is 11.2 Å². The minimum Gasteiger partial charge on any atom is -0.481 e. The summed E-state index contributed by atoms with van der Waals surface area (Å²) < 4.78 is 19.1. The van der Waals surface area contributed by atoms with Crippen LogP contribution in [-0.2, 0) is 0 Å². The lowest BCUT2D eigenvalue weighted by atomic mass is 9.71. The van der Waals surface area contributed by atoms with E-state index in [0.717, 1.165) is 31.4 Å². The number of rotatable bonds is 3. The molecule has 2 saturated heterocycles. The van der Waals surface area contributed by atoms with E-state index in [4.69, 9.17) is 4.74 Å². The van der Waals surface area contributed by atoms with Gasteiger partial charge in [-0.15, -0.1) is 0 Å². The molecule has 2 aliphatic rings. The number of ether oxygens (including phenoxy) is 1. The number of β-amino-alcohol motifs (C(OH)–C–C–N with tert-alkyl or cyclic N) is 1. The van der Waals surface area contributed by atoms with Gasteiger partial charge in [-0.25, -0.2) is 14.4 Å². The van der Waals surface area contributed by atoms with Crippen molar-refractivity contribution in [1.82, 2.24) is 19.9 Å². The van der Waals surface area contributed by atoms with E-state index >= 15 is 0 Å². The highest BCUT2D eigenvalue weighted by Gasteiger charge is 2.43. The summed E-state index contributed by atoms with van der Waals surface area (Å²) in [5.74, 6) is -0.0634. The van der Waals surface area contributed by atoms with Crippen LogP contribution >= 0.6 is 0 Å². The first kappa shape index (κ1) is 19.5. The fraction of sp³-hybridized carbons (Fsp3) is 0.500. The van der Waals surface area contributed by atoms with E-state index in [1.54, 1.807) is 23.5 Å². The molecular formula is C20H24FN5O3. The molecule has 0 aliphatic carbocycles. The first-order chi connectivity index (χ1) is 14.0. The SMILES string of the molecule is COc1cc(C(=O)N2CCC3(CC2)CC(O)CN(c2cnccn2)C3)c(F)cn1. The van der Waals surface area contributed by atoms with Gasteiger partial charge in [0.1, 0.15) is 5.82 Å². The fourth-order valence-corrected chi connectivity index (χ4v) is 4.39. The topological polar surface area (TPSA) is 91.7 Å². The monoisotopic (exact) mass is 401 g/mol. The summed E-state index contributed by atoms with van der Waals surface area (Å²) in [6, 6.07) is 1.34. The molecule has 0 radical (unpaired) electrons. The van der Waals surface area contributed by atoms with Crippen molar-refractivity contribution in [2.45, 2.75) is 25.4 Å². The van der Waals surface area contributed by atoms with Gasteiger partial charge in [-0.1, -0.05) is 0 Å². The molecule has 1 spiro atoms. The lowest BCUT2D eigenvalue weighted by Crippen LogP contribution is -2.54. The molecule has 154 valence electrons. The number of aromatic nitrogens is 3. The molecule has 1 unspecified atom stereocenters. The van der Waals surface area contributed by atoms with Gasteiger partial charge in [0, 0.05) is 44.6 Å². The Kier molecular flexibility index (Phi) is 5.31. The number of aliphatic hydroxyl groups is 1. The molecule has 2 aromatic heterocycles. The molecule has 1 N–H and O–H groups in total. The van der Waals surface area contributed by atoms with Gasteiger partial charge in [0.15, 0.2) is 5.82 Å². The number of carbonyl (C=O) groups excluding carboxylic acids is 1. The third-order valence-electron chi connectivity index (χ3n) is 5.88. The number of halogens is 1. The molecule has 2 aromatic rings. The van der Waals surface area contributed by atoms with Gasteiger partial charge in [0.2, 0.25) is 5.88 Å². The molecule has 9 heteroatoms. The zero-order valence-corrected chi connectivity index (χ0v) is 16.3. The van der Waals surface area contributed by atoms with Crippen LogP contribution in [0.1, 0.15) is 29.6 Å². The molecule has 0 aromatic carbocycles. The third-order valence-corrected chi connectivity index (χ3v) is 5.88. The number of carbonyl (C=O) groups is 1. The van der Waals surface area contributed by atoms with Gasteiger partial charge in [-0.3, -0.25) is 9.78 Å². The van der Waals surface area contributed by atoms with Gasteiger partial charge in [0.25, 0.3) is 5.91 Å². The molecule has 1 atom stereocenters. The predicted octanol–water partition coefficient (Wildman–Crippen LogP) is 1.51. The zero-order valence-electron chi connectivity index (χ0n) is 16.3. The van der Waals surface area contributed by atoms with Crippen LogP contribution < -0.4 is 9.64 Å². The fourth-order valence-electron chi connectivity index (χ4n) is 4.39. The van der Waals surface area contributed by atoms with Crippen molar-refractivity contribution in [3.05, 3.63) is 42.2 Å². The highest BCUT2D eigenvalue weighted by Crippen LogP contribution is 2.41. The summed E-state index contributed by atoms with van der Waals surface area (Å²) in [5, 5.41) is 10.5. The van der Waals surface area contributed by atoms with Crippen LogP contribution in [0.5, 0.6) is 5.88 Å². The van der Waals surface area contributed by atoms with Crippen LogP contribution in [0.25, 0.3) is 0 Å². The van der Waals surface area contributed by atoms with Crippen LogP contribution in [0.15, 0.2) is 30.9 Å². The Morgan fingerprint density at radius 3 is 2.76 bits per heavy atom. The molecule has 4 heterocycles. The quantitative estimate of drug-likeness (QED) is 0.834. The molecular weight excluding hydrogens is 377 g/mol. The Balaban J connectivity index is 1.46. The first-order valence-electron chi connectivity index (χ1n) is 9.67. The maximum absolute atomic E-state index is 14.1. The zero-order chi connectivity index (χ0) is 20.4. The van der Waals surface area contributed by atoms with Crippen LogP contribution in [0.4, 0.5) is 10.2 Å². The van der Waals surface area contributed by atoms with Crippen molar-refractivity contribution in [1.29, 1.82) is 0 Å². The maximum Gasteiger partial charge on any atom is 0.257 e. The van der Waals surface area contributed by atoms with E-state index in [1.807, 2.05) is 0 Å². The van der Waals surface area contributed by atoms with E-state index in [0.29, 0.717) is 26.1 Å². The highest BCUT2D eigenvalue weighted by atomic mass is 19.1. The average Bonchev–Trinajstić information content (AvgIpc) is 2.74. The number of aliphatic hydroxyl groups excluding tert-OH is 1. The summed E-state index contributed by atoms with van der Waals surface area (Å²) >= 11 is 0. The normalized spacial score (nSPS) is 21.3.